The van der Waals surface area contributed by atoms with Gasteiger partial charge in [0, 0.05) is 13.0 Å². The molecular formula is C14H23N5O. The number of H-pyrrole nitrogens is 1. The minimum atomic E-state index is -0.0421. The van der Waals surface area contributed by atoms with Gasteiger partial charge in [0.15, 0.2) is 5.82 Å². The van der Waals surface area contributed by atoms with Gasteiger partial charge in [-0.15, -0.1) is 0 Å². The predicted octanol–water partition coefficient (Wildman–Crippen LogP) is 1.17. The molecule has 110 valence electrons. The summed E-state index contributed by atoms with van der Waals surface area (Å²) in [6.45, 7) is 6.89. The summed E-state index contributed by atoms with van der Waals surface area (Å²) in [5.74, 6) is 1.76. The summed E-state index contributed by atoms with van der Waals surface area (Å²) < 4.78 is 0. The molecule has 3 rings (SSSR count). The molecule has 3 heterocycles. The van der Waals surface area contributed by atoms with E-state index in [2.05, 4.69) is 20.5 Å². The lowest BCUT2D eigenvalue weighted by atomic mass is 9.72. The summed E-state index contributed by atoms with van der Waals surface area (Å²) >= 11 is 0. The van der Waals surface area contributed by atoms with E-state index in [1.54, 1.807) is 0 Å². The molecule has 0 radical (unpaired) electrons. The van der Waals surface area contributed by atoms with Crippen molar-refractivity contribution in [2.24, 2.45) is 5.41 Å². The van der Waals surface area contributed by atoms with Crippen molar-refractivity contribution in [3.63, 3.8) is 0 Å². The molecule has 6 nitrogen and oxygen atoms in total. The summed E-state index contributed by atoms with van der Waals surface area (Å²) in [6, 6.07) is -0.0421. The molecule has 2 aliphatic heterocycles. The van der Waals surface area contributed by atoms with Gasteiger partial charge in [-0.05, 0) is 51.6 Å². The quantitative estimate of drug-likeness (QED) is 0.851. The fraction of sp³-hybridized carbons (Fsp3) is 0.786. The zero-order chi connectivity index (χ0) is 14.2. The Morgan fingerprint density at radius 3 is 2.70 bits per heavy atom. The largest absolute Gasteiger partial charge is 0.332 e. The number of piperidine rings is 2. The fourth-order valence-corrected chi connectivity index (χ4v) is 3.45. The van der Waals surface area contributed by atoms with Gasteiger partial charge in [0.1, 0.15) is 5.82 Å². The van der Waals surface area contributed by atoms with E-state index in [1.165, 1.54) is 0 Å². The predicted molar refractivity (Wildman–Crippen MR) is 75.0 cm³/mol. The van der Waals surface area contributed by atoms with Gasteiger partial charge in [-0.3, -0.25) is 9.89 Å². The summed E-state index contributed by atoms with van der Waals surface area (Å²) in [7, 11) is 0. The summed E-state index contributed by atoms with van der Waals surface area (Å²) in [5.41, 5.74) is 0.304. The van der Waals surface area contributed by atoms with Crippen LogP contribution in [-0.4, -0.2) is 45.6 Å². The first-order valence-electron chi connectivity index (χ1n) is 7.49. The number of hydrogen-bond donors (Lipinski definition) is 2. The van der Waals surface area contributed by atoms with Gasteiger partial charge < -0.3 is 10.2 Å². The van der Waals surface area contributed by atoms with Crippen LogP contribution in [0.5, 0.6) is 0 Å². The minimum absolute atomic E-state index is 0.0421. The van der Waals surface area contributed by atoms with Crippen LogP contribution in [0.25, 0.3) is 0 Å². The maximum Gasteiger partial charge on any atom is 0.223 e. The number of hydrogen-bond acceptors (Lipinski definition) is 4. The van der Waals surface area contributed by atoms with Crippen LogP contribution in [-0.2, 0) is 4.79 Å². The third-order valence-electron chi connectivity index (χ3n) is 4.82. The molecule has 1 unspecified atom stereocenters. The molecule has 1 aromatic rings. The number of aromatic amines is 1. The molecule has 2 aliphatic rings. The molecule has 2 fully saturated rings. The number of carbonyl (C=O) groups is 1. The maximum absolute atomic E-state index is 12.3. The molecule has 1 aromatic heterocycles. The van der Waals surface area contributed by atoms with Crippen molar-refractivity contribution in [2.45, 2.75) is 45.6 Å². The summed E-state index contributed by atoms with van der Waals surface area (Å²) in [4.78, 5) is 18.7. The number of rotatable bonds is 2. The van der Waals surface area contributed by atoms with Crippen molar-refractivity contribution < 1.29 is 4.79 Å². The molecule has 2 saturated heterocycles. The molecule has 0 saturated carbocycles. The highest BCUT2D eigenvalue weighted by Gasteiger charge is 2.41. The van der Waals surface area contributed by atoms with Crippen LogP contribution >= 0.6 is 0 Å². The normalized spacial score (nSPS) is 24.1. The molecule has 1 spiro atoms. The van der Waals surface area contributed by atoms with E-state index in [9.17, 15) is 4.79 Å². The number of aryl methyl sites for hydroxylation is 1. The van der Waals surface area contributed by atoms with Gasteiger partial charge in [0.25, 0.3) is 0 Å². The summed E-state index contributed by atoms with van der Waals surface area (Å²) in [6.07, 6.45) is 4.02. The molecule has 2 N–H and O–H groups in total. The Bertz CT molecular complexity index is 492. The monoisotopic (exact) mass is 277 g/mol. The second-order valence-electron chi connectivity index (χ2n) is 6.23. The topological polar surface area (TPSA) is 73.9 Å². The lowest BCUT2D eigenvalue weighted by Crippen LogP contribution is -2.51. The molecule has 1 atom stereocenters. The second kappa shape index (κ2) is 5.16. The van der Waals surface area contributed by atoms with E-state index in [-0.39, 0.29) is 11.9 Å². The maximum atomic E-state index is 12.3. The van der Waals surface area contributed by atoms with Crippen LogP contribution in [0.1, 0.15) is 50.3 Å². The number of nitrogens with one attached hydrogen (secondary N) is 2. The number of carbonyl (C=O) groups excluding carboxylic acids is 1. The van der Waals surface area contributed by atoms with E-state index < -0.39 is 0 Å². The van der Waals surface area contributed by atoms with Crippen molar-refractivity contribution >= 4 is 5.91 Å². The molecular weight excluding hydrogens is 254 g/mol. The van der Waals surface area contributed by atoms with E-state index in [0.717, 1.165) is 50.5 Å². The standard InChI is InChI=1S/C14H23N5O/c1-10(13-16-11(2)17-18-13)19-9-14(4-3-12(19)20)5-7-15-8-6-14/h10,15H,3-9H2,1-2H3,(H,16,17,18). The third kappa shape index (κ3) is 2.44. The zero-order valence-electron chi connectivity index (χ0n) is 12.3. The van der Waals surface area contributed by atoms with Crippen LogP contribution in [0.3, 0.4) is 0 Å². The SMILES string of the molecule is Cc1nc(C(C)N2CC3(CCNCC3)CCC2=O)n[nH]1. The molecule has 0 aromatic carbocycles. The molecule has 20 heavy (non-hydrogen) atoms. The van der Waals surface area contributed by atoms with Crippen LogP contribution in [0.2, 0.25) is 0 Å². The molecule has 6 heteroatoms. The highest BCUT2D eigenvalue weighted by atomic mass is 16.2. The Morgan fingerprint density at radius 1 is 1.30 bits per heavy atom. The van der Waals surface area contributed by atoms with Crippen molar-refractivity contribution in [3.05, 3.63) is 11.6 Å². The number of likely N-dealkylation sites (tertiary alicyclic amines) is 1. The Labute approximate surface area is 119 Å². The molecule has 0 aliphatic carbocycles. The minimum Gasteiger partial charge on any atom is -0.332 e. The van der Waals surface area contributed by atoms with Crippen molar-refractivity contribution in [1.82, 2.24) is 25.4 Å². The van der Waals surface area contributed by atoms with Crippen LogP contribution in [0, 0.1) is 12.3 Å². The first kappa shape index (κ1) is 13.5. The van der Waals surface area contributed by atoms with Gasteiger partial charge in [0.2, 0.25) is 5.91 Å². The van der Waals surface area contributed by atoms with Crippen molar-refractivity contribution in [1.29, 1.82) is 0 Å². The Hall–Kier alpha value is -1.43. The highest BCUT2D eigenvalue weighted by molar-refractivity contribution is 5.77. The van der Waals surface area contributed by atoms with Crippen LogP contribution < -0.4 is 5.32 Å². The van der Waals surface area contributed by atoms with E-state index in [4.69, 9.17) is 0 Å². The van der Waals surface area contributed by atoms with Gasteiger partial charge >= 0.3 is 0 Å². The number of aromatic nitrogens is 3. The van der Waals surface area contributed by atoms with Gasteiger partial charge in [-0.1, -0.05) is 0 Å². The Balaban J connectivity index is 1.78. The van der Waals surface area contributed by atoms with Gasteiger partial charge in [-0.25, -0.2) is 4.98 Å². The van der Waals surface area contributed by atoms with Crippen molar-refractivity contribution in [3.8, 4) is 0 Å². The van der Waals surface area contributed by atoms with E-state index >= 15 is 0 Å². The fourth-order valence-electron chi connectivity index (χ4n) is 3.45. The first-order valence-corrected chi connectivity index (χ1v) is 7.49. The second-order valence-corrected chi connectivity index (χ2v) is 6.23. The molecule has 0 bridgehead atoms. The molecule has 1 amide bonds. The van der Waals surface area contributed by atoms with Crippen molar-refractivity contribution in [2.75, 3.05) is 19.6 Å². The summed E-state index contributed by atoms with van der Waals surface area (Å²) in [5, 5.41) is 10.5. The smallest absolute Gasteiger partial charge is 0.223 e. The van der Waals surface area contributed by atoms with Crippen LogP contribution in [0.4, 0.5) is 0 Å². The Kier molecular flexibility index (Phi) is 3.50. The zero-order valence-corrected chi connectivity index (χ0v) is 12.3. The van der Waals surface area contributed by atoms with Crippen LogP contribution in [0.15, 0.2) is 0 Å². The van der Waals surface area contributed by atoms with Gasteiger partial charge in [0.05, 0.1) is 6.04 Å². The highest BCUT2D eigenvalue weighted by Crippen LogP contribution is 2.40. The van der Waals surface area contributed by atoms with E-state index in [0.29, 0.717) is 11.8 Å². The lowest BCUT2D eigenvalue weighted by molar-refractivity contribution is -0.141. The third-order valence-corrected chi connectivity index (χ3v) is 4.82. The number of amides is 1. The number of nitrogens with zero attached hydrogens (tertiary/aromatic N) is 3. The first-order chi connectivity index (χ1) is 9.60. The Morgan fingerprint density at radius 2 is 2.05 bits per heavy atom. The van der Waals surface area contributed by atoms with E-state index in [1.807, 2.05) is 18.7 Å². The lowest BCUT2D eigenvalue weighted by Gasteiger charge is -2.46. The average molecular weight is 277 g/mol. The van der Waals surface area contributed by atoms with Gasteiger partial charge in [-0.2, -0.15) is 5.10 Å². The average Bonchev–Trinajstić information content (AvgIpc) is 2.89.